The number of carbonyl (C=O) groups excluding carboxylic acids is 1. The molecule has 0 fully saturated rings. The van der Waals surface area contributed by atoms with Crippen LogP contribution in [0.5, 0.6) is 0 Å². The maximum atomic E-state index is 12.5. The summed E-state index contributed by atoms with van der Waals surface area (Å²) in [5, 5.41) is 24.8. The first kappa shape index (κ1) is 26.5. The number of anilines is 1. The number of halogens is 2. The van der Waals surface area contributed by atoms with E-state index in [4.69, 9.17) is 28.3 Å². The van der Waals surface area contributed by atoms with Gasteiger partial charge in [-0.15, -0.1) is 5.10 Å². The van der Waals surface area contributed by atoms with Crippen LogP contribution in [0.2, 0.25) is 10.0 Å². The van der Waals surface area contributed by atoms with Crippen molar-refractivity contribution in [2.24, 2.45) is 5.41 Å². The highest BCUT2D eigenvalue weighted by Crippen LogP contribution is 2.28. The van der Waals surface area contributed by atoms with Crippen LogP contribution in [0.1, 0.15) is 44.7 Å². The summed E-state index contributed by atoms with van der Waals surface area (Å²) >= 11 is 13.9. The number of aliphatic carboxylic acids is 1. The normalized spacial score (nSPS) is 11.2. The third-order valence-corrected chi connectivity index (χ3v) is 6.47. The second-order valence-corrected chi connectivity index (χ2v) is 10.2. The lowest BCUT2D eigenvalue weighted by Gasteiger charge is -2.11. The summed E-state index contributed by atoms with van der Waals surface area (Å²) in [6.45, 7) is 7.19. The van der Waals surface area contributed by atoms with Crippen molar-refractivity contribution in [2.75, 3.05) is 11.1 Å². The molecule has 1 aromatic heterocycles. The Balaban J connectivity index is 1.66. The standard InChI is InChI=1S/C24H23Cl2N5O3S/c1-14(2)16-6-8-20(18(26)12-16)31-23(28-29-30-31)35-13-21(32)27-19-7-5-15(11-17(19)25)9-10-24(3,4)22(33)34/h5-8,11-12,14H,13H2,1-4H3,(H,27,32)(H,33,34). The third kappa shape index (κ3) is 6.75. The largest absolute Gasteiger partial charge is 0.480 e. The van der Waals surface area contributed by atoms with Gasteiger partial charge in [0.1, 0.15) is 5.41 Å². The highest BCUT2D eigenvalue weighted by molar-refractivity contribution is 7.99. The van der Waals surface area contributed by atoms with Crippen LogP contribution >= 0.6 is 35.0 Å². The van der Waals surface area contributed by atoms with E-state index in [1.54, 1.807) is 18.2 Å². The number of aromatic nitrogens is 4. The maximum Gasteiger partial charge on any atom is 0.321 e. The summed E-state index contributed by atoms with van der Waals surface area (Å²) in [6.07, 6.45) is 0. The molecule has 0 aliphatic carbocycles. The lowest BCUT2D eigenvalue weighted by atomic mass is 9.94. The fourth-order valence-electron chi connectivity index (χ4n) is 2.77. The Kier molecular flexibility index (Phi) is 8.43. The average Bonchev–Trinajstić information content (AvgIpc) is 3.26. The van der Waals surface area contributed by atoms with E-state index in [9.17, 15) is 9.59 Å². The van der Waals surface area contributed by atoms with Crippen molar-refractivity contribution in [2.45, 2.75) is 38.8 Å². The number of nitrogens with one attached hydrogen (secondary N) is 1. The summed E-state index contributed by atoms with van der Waals surface area (Å²) in [5.74, 6) is 4.54. The summed E-state index contributed by atoms with van der Waals surface area (Å²) < 4.78 is 1.49. The molecule has 2 N–H and O–H groups in total. The number of hydrogen-bond acceptors (Lipinski definition) is 6. The molecule has 0 bridgehead atoms. The van der Waals surface area contributed by atoms with Gasteiger partial charge < -0.3 is 10.4 Å². The molecule has 0 saturated heterocycles. The number of rotatable bonds is 7. The van der Waals surface area contributed by atoms with E-state index >= 15 is 0 Å². The van der Waals surface area contributed by atoms with Gasteiger partial charge in [-0.2, -0.15) is 4.68 Å². The van der Waals surface area contributed by atoms with E-state index in [0.717, 1.165) is 17.3 Å². The molecule has 3 aromatic rings. The molecule has 1 amide bonds. The summed E-state index contributed by atoms with van der Waals surface area (Å²) in [7, 11) is 0. The molecule has 0 radical (unpaired) electrons. The Morgan fingerprint density at radius 3 is 2.54 bits per heavy atom. The van der Waals surface area contributed by atoms with Crippen LogP contribution in [0, 0.1) is 17.3 Å². The summed E-state index contributed by atoms with van der Waals surface area (Å²) in [6, 6.07) is 10.5. The van der Waals surface area contributed by atoms with Gasteiger partial charge in [0.05, 0.1) is 27.2 Å². The molecule has 2 aromatic carbocycles. The molecule has 8 nitrogen and oxygen atoms in total. The number of amides is 1. The van der Waals surface area contributed by atoms with Crippen LogP contribution in [0.3, 0.4) is 0 Å². The number of hydrogen-bond donors (Lipinski definition) is 2. The van der Waals surface area contributed by atoms with Gasteiger partial charge in [-0.25, -0.2) is 0 Å². The number of carbonyl (C=O) groups is 2. The van der Waals surface area contributed by atoms with Crippen molar-refractivity contribution in [1.82, 2.24) is 20.2 Å². The number of carboxylic acids is 1. The first-order chi connectivity index (χ1) is 16.5. The molecule has 0 aliphatic heterocycles. The van der Waals surface area contributed by atoms with Gasteiger partial charge in [-0.05, 0) is 66.1 Å². The van der Waals surface area contributed by atoms with Gasteiger partial charge in [-0.1, -0.05) is 66.7 Å². The molecule has 0 unspecified atom stereocenters. The molecule has 0 saturated carbocycles. The van der Waals surface area contributed by atoms with E-state index in [-0.39, 0.29) is 16.7 Å². The molecule has 1 heterocycles. The number of thioether (sulfide) groups is 1. The Labute approximate surface area is 217 Å². The number of carboxylic acid groups (broad SMARTS) is 1. The van der Waals surface area contributed by atoms with Gasteiger partial charge in [0.15, 0.2) is 0 Å². The Morgan fingerprint density at radius 2 is 1.91 bits per heavy atom. The SMILES string of the molecule is CC(C)c1ccc(-n2nnnc2SCC(=O)Nc2ccc(C#CC(C)(C)C(=O)O)cc2Cl)c(Cl)c1. The second kappa shape index (κ2) is 11.1. The van der Waals surface area contributed by atoms with Crippen molar-refractivity contribution in [3.63, 3.8) is 0 Å². The topological polar surface area (TPSA) is 110 Å². The zero-order valence-corrected chi connectivity index (χ0v) is 21.8. The van der Waals surface area contributed by atoms with Crippen molar-refractivity contribution in [1.29, 1.82) is 0 Å². The van der Waals surface area contributed by atoms with Gasteiger partial charge in [-0.3, -0.25) is 9.59 Å². The smallest absolute Gasteiger partial charge is 0.321 e. The van der Waals surface area contributed by atoms with Crippen LogP contribution in [-0.2, 0) is 9.59 Å². The zero-order chi connectivity index (χ0) is 25.8. The summed E-state index contributed by atoms with van der Waals surface area (Å²) in [4.78, 5) is 23.7. The predicted molar refractivity (Wildman–Crippen MR) is 137 cm³/mol. The molecule has 0 atom stereocenters. The molecule has 3 rings (SSSR count). The van der Waals surface area contributed by atoms with Gasteiger partial charge in [0.25, 0.3) is 0 Å². The Morgan fingerprint density at radius 1 is 1.17 bits per heavy atom. The first-order valence-corrected chi connectivity index (χ1v) is 12.3. The molecule has 0 spiro atoms. The highest BCUT2D eigenvalue weighted by atomic mass is 35.5. The number of benzene rings is 2. The van der Waals surface area contributed by atoms with Gasteiger partial charge in [0, 0.05) is 5.56 Å². The van der Waals surface area contributed by atoms with Crippen molar-refractivity contribution in [3.8, 4) is 17.5 Å². The number of tetrazole rings is 1. The fourth-order valence-corrected chi connectivity index (χ4v) is 3.95. The molecule has 35 heavy (non-hydrogen) atoms. The fraction of sp³-hybridized carbons (Fsp3) is 0.292. The molecular weight excluding hydrogens is 509 g/mol. The molecular formula is C24H23Cl2N5O3S. The lowest BCUT2D eigenvalue weighted by Crippen LogP contribution is -2.21. The summed E-state index contributed by atoms with van der Waals surface area (Å²) in [5.41, 5.74) is 1.48. The van der Waals surface area contributed by atoms with Gasteiger partial charge in [0.2, 0.25) is 11.1 Å². The van der Waals surface area contributed by atoms with Crippen molar-refractivity contribution < 1.29 is 14.7 Å². The predicted octanol–water partition coefficient (Wildman–Crippen LogP) is 5.29. The lowest BCUT2D eigenvalue weighted by molar-refractivity contribution is -0.143. The van der Waals surface area contributed by atoms with Crippen LogP contribution in [0.25, 0.3) is 5.69 Å². The van der Waals surface area contributed by atoms with Crippen LogP contribution in [0.4, 0.5) is 5.69 Å². The molecule has 11 heteroatoms. The average molecular weight is 532 g/mol. The molecule has 182 valence electrons. The Bertz CT molecular complexity index is 1330. The van der Waals surface area contributed by atoms with Crippen molar-refractivity contribution >= 4 is 52.5 Å². The highest BCUT2D eigenvalue weighted by Gasteiger charge is 2.24. The van der Waals surface area contributed by atoms with E-state index in [0.29, 0.717) is 33.0 Å². The molecule has 0 aliphatic rings. The van der Waals surface area contributed by atoms with E-state index in [1.807, 2.05) is 18.2 Å². The number of nitrogens with zero attached hydrogens (tertiary/aromatic N) is 4. The monoisotopic (exact) mass is 531 g/mol. The van der Waals surface area contributed by atoms with Gasteiger partial charge >= 0.3 is 5.97 Å². The third-order valence-electron chi connectivity index (χ3n) is 4.94. The maximum absolute atomic E-state index is 12.5. The van der Waals surface area contributed by atoms with E-state index < -0.39 is 11.4 Å². The van der Waals surface area contributed by atoms with E-state index in [2.05, 4.69) is 46.5 Å². The minimum Gasteiger partial charge on any atom is -0.480 e. The van der Waals surface area contributed by atoms with E-state index in [1.165, 1.54) is 18.5 Å². The second-order valence-electron chi connectivity index (χ2n) is 8.45. The zero-order valence-electron chi connectivity index (χ0n) is 19.5. The van der Waals surface area contributed by atoms with Crippen LogP contribution < -0.4 is 5.32 Å². The Hall–Kier alpha value is -3.06. The van der Waals surface area contributed by atoms with Crippen molar-refractivity contribution in [3.05, 3.63) is 57.6 Å². The quantitative estimate of drug-likeness (QED) is 0.315. The minimum atomic E-state index is -1.19. The minimum absolute atomic E-state index is 0.0345. The first-order valence-electron chi connectivity index (χ1n) is 10.5. The van der Waals surface area contributed by atoms with Crippen LogP contribution in [0.15, 0.2) is 41.6 Å². The van der Waals surface area contributed by atoms with Crippen LogP contribution in [-0.4, -0.2) is 42.9 Å².